The highest BCUT2D eigenvalue weighted by Crippen LogP contribution is 2.47. The van der Waals surface area contributed by atoms with Gasteiger partial charge in [0.1, 0.15) is 5.54 Å². The Kier molecular flexibility index (Phi) is 10.1. The van der Waals surface area contributed by atoms with Gasteiger partial charge in [0.25, 0.3) is 0 Å². The smallest absolute Gasteiger partial charge is 0.403 e. The van der Waals surface area contributed by atoms with Crippen molar-refractivity contribution in [3.63, 3.8) is 0 Å². The van der Waals surface area contributed by atoms with Crippen molar-refractivity contribution < 1.29 is 31.9 Å². The second kappa shape index (κ2) is 13.6. The lowest BCUT2D eigenvalue weighted by atomic mass is 10.1. The fourth-order valence-electron chi connectivity index (χ4n) is 6.15. The van der Waals surface area contributed by atoms with Gasteiger partial charge in [0.15, 0.2) is 11.6 Å². The number of hydrogen-bond acceptors (Lipinski definition) is 5. The van der Waals surface area contributed by atoms with E-state index in [-0.39, 0.29) is 30.0 Å². The highest BCUT2D eigenvalue weighted by molar-refractivity contribution is 6.34. The van der Waals surface area contributed by atoms with Crippen molar-refractivity contribution in [2.75, 3.05) is 32.7 Å². The van der Waals surface area contributed by atoms with Crippen LogP contribution in [0, 0.1) is 11.7 Å². The maximum Gasteiger partial charge on any atom is 0.573 e. The first kappa shape index (κ1) is 32.5. The highest BCUT2D eigenvalue weighted by Gasteiger charge is 2.62. The van der Waals surface area contributed by atoms with E-state index in [9.17, 15) is 27.2 Å². The third-order valence-corrected chi connectivity index (χ3v) is 8.77. The fraction of sp³-hybridized carbons (Fsp3) is 0.484. The number of hydrogen-bond donors (Lipinski definition) is 2. The van der Waals surface area contributed by atoms with E-state index in [4.69, 9.17) is 23.2 Å². The first-order chi connectivity index (χ1) is 20.9. The minimum atomic E-state index is -5.01. The number of ether oxygens (including phenoxy) is 1. The van der Waals surface area contributed by atoms with Gasteiger partial charge in [0.2, 0.25) is 11.8 Å². The van der Waals surface area contributed by atoms with E-state index >= 15 is 0 Å². The van der Waals surface area contributed by atoms with Gasteiger partial charge in [-0.1, -0.05) is 35.7 Å². The van der Waals surface area contributed by atoms with Gasteiger partial charge in [-0.15, -0.1) is 13.2 Å². The Morgan fingerprint density at radius 1 is 1.09 bits per heavy atom. The zero-order valence-electron chi connectivity index (χ0n) is 23.9. The molecule has 238 valence electrons. The summed E-state index contributed by atoms with van der Waals surface area (Å²) in [5.74, 6) is -2.43. The van der Waals surface area contributed by atoms with Crippen LogP contribution >= 0.6 is 23.2 Å². The van der Waals surface area contributed by atoms with Gasteiger partial charge in [-0.2, -0.15) is 0 Å². The number of amides is 2. The SMILES string of the molecule is O=C(/C=C/c1ccc(OC(F)(F)F)c(F)c1)NC[C@@H]1CCN(Cc2cc(Cl)cc(Cl)c2)C(=O)C2(CC2CN2CCCCC2)N1. The molecule has 44 heavy (non-hydrogen) atoms. The predicted molar refractivity (Wildman–Crippen MR) is 160 cm³/mol. The minimum absolute atomic E-state index is 0.0318. The number of alkyl halides is 3. The molecule has 1 saturated carbocycles. The molecule has 0 bridgehead atoms. The summed E-state index contributed by atoms with van der Waals surface area (Å²) in [6.07, 6.45) is 2.31. The maximum absolute atomic E-state index is 14.0. The zero-order valence-corrected chi connectivity index (χ0v) is 25.5. The summed E-state index contributed by atoms with van der Waals surface area (Å²) >= 11 is 12.4. The molecule has 2 aromatic rings. The second-order valence-electron chi connectivity index (χ2n) is 11.7. The zero-order chi connectivity index (χ0) is 31.5. The number of benzene rings is 2. The number of nitrogens with one attached hydrogen (secondary N) is 2. The van der Waals surface area contributed by atoms with Crippen LogP contribution in [0.1, 0.15) is 43.2 Å². The molecule has 2 amide bonds. The third-order valence-electron chi connectivity index (χ3n) is 8.34. The summed E-state index contributed by atoms with van der Waals surface area (Å²) in [7, 11) is 0. The van der Waals surface area contributed by atoms with Crippen LogP contribution in [-0.2, 0) is 16.1 Å². The molecule has 2 aliphatic heterocycles. The molecule has 3 atom stereocenters. The predicted octanol–water partition coefficient (Wildman–Crippen LogP) is 5.80. The van der Waals surface area contributed by atoms with Gasteiger partial charge in [-0.25, -0.2) is 4.39 Å². The van der Waals surface area contributed by atoms with Gasteiger partial charge in [-0.05, 0) is 86.3 Å². The number of nitrogens with zero attached hydrogens (tertiary/aromatic N) is 2. The molecule has 0 aromatic heterocycles. The van der Waals surface area contributed by atoms with E-state index in [0.717, 1.165) is 50.2 Å². The largest absolute Gasteiger partial charge is 0.573 e. The summed E-state index contributed by atoms with van der Waals surface area (Å²) in [6, 6.07) is 7.99. The van der Waals surface area contributed by atoms with Crippen LogP contribution in [0.2, 0.25) is 10.0 Å². The molecule has 1 aliphatic carbocycles. The molecule has 3 aliphatic rings. The third kappa shape index (κ3) is 8.44. The number of likely N-dealkylation sites (tertiary alicyclic amines) is 1. The van der Waals surface area contributed by atoms with Gasteiger partial charge in [-0.3, -0.25) is 14.9 Å². The number of carbonyl (C=O) groups is 2. The normalized spacial score (nSPS) is 24.5. The fourth-order valence-corrected chi connectivity index (χ4v) is 6.72. The van der Waals surface area contributed by atoms with Crippen LogP contribution in [0.5, 0.6) is 5.75 Å². The monoisotopic (exact) mass is 656 g/mol. The summed E-state index contributed by atoms with van der Waals surface area (Å²) < 4.78 is 54.8. The first-order valence-corrected chi connectivity index (χ1v) is 15.4. The topological polar surface area (TPSA) is 73.9 Å². The molecule has 1 spiro atoms. The molecule has 5 rings (SSSR count). The Bertz CT molecular complexity index is 1380. The lowest BCUT2D eigenvalue weighted by molar-refractivity contribution is -0.275. The van der Waals surface area contributed by atoms with Gasteiger partial charge in [0.05, 0.1) is 0 Å². The van der Waals surface area contributed by atoms with E-state index in [1.165, 1.54) is 24.6 Å². The minimum Gasteiger partial charge on any atom is -0.403 e. The van der Waals surface area contributed by atoms with Crippen LogP contribution in [-0.4, -0.2) is 72.3 Å². The van der Waals surface area contributed by atoms with Crippen LogP contribution in [0.25, 0.3) is 6.08 Å². The Morgan fingerprint density at radius 2 is 1.82 bits per heavy atom. The average Bonchev–Trinajstić information content (AvgIpc) is 3.67. The van der Waals surface area contributed by atoms with Crippen molar-refractivity contribution in [1.82, 2.24) is 20.4 Å². The quantitative estimate of drug-likeness (QED) is 0.264. The summed E-state index contributed by atoms with van der Waals surface area (Å²) in [5.41, 5.74) is 0.310. The first-order valence-electron chi connectivity index (χ1n) is 14.7. The summed E-state index contributed by atoms with van der Waals surface area (Å²) in [6.45, 7) is 3.97. The molecule has 7 nitrogen and oxygen atoms in total. The van der Waals surface area contributed by atoms with Gasteiger partial charge < -0.3 is 19.9 Å². The molecule has 2 saturated heterocycles. The van der Waals surface area contributed by atoms with Crippen LogP contribution in [0.4, 0.5) is 17.6 Å². The van der Waals surface area contributed by atoms with Crippen molar-refractivity contribution in [3.05, 3.63) is 69.5 Å². The Balaban J connectivity index is 1.23. The average molecular weight is 658 g/mol. The molecule has 2 unspecified atom stereocenters. The van der Waals surface area contributed by atoms with Crippen molar-refractivity contribution in [2.24, 2.45) is 5.92 Å². The van der Waals surface area contributed by atoms with Gasteiger partial charge >= 0.3 is 6.36 Å². The van der Waals surface area contributed by atoms with Crippen molar-refractivity contribution >= 4 is 41.1 Å². The number of halogens is 6. The highest BCUT2D eigenvalue weighted by atomic mass is 35.5. The van der Waals surface area contributed by atoms with E-state index in [1.54, 1.807) is 18.2 Å². The molecule has 2 N–H and O–H groups in total. The summed E-state index contributed by atoms with van der Waals surface area (Å²) in [4.78, 5) is 30.9. The maximum atomic E-state index is 14.0. The lowest BCUT2D eigenvalue weighted by Gasteiger charge is -2.29. The van der Waals surface area contributed by atoms with E-state index < -0.39 is 29.4 Å². The second-order valence-corrected chi connectivity index (χ2v) is 12.6. The molecule has 0 radical (unpaired) electrons. The van der Waals surface area contributed by atoms with E-state index in [0.29, 0.717) is 36.0 Å². The van der Waals surface area contributed by atoms with Crippen molar-refractivity contribution in [3.8, 4) is 5.75 Å². The van der Waals surface area contributed by atoms with Crippen LogP contribution < -0.4 is 15.4 Å². The Morgan fingerprint density at radius 3 is 2.50 bits per heavy atom. The number of carbonyl (C=O) groups excluding carboxylic acids is 2. The molecule has 13 heteroatoms. The van der Waals surface area contributed by atoms with E-state index in [1.807, 2.05) is 4.90 Å². The van der Waals surface area contributed by atoms with Crippen molar-refractivity contribution in [1.29, 1.82) is 0 Å². The molecular formula is C31H34Cl2F4N4O3. The van der Waals surface area contributed by atoms with Crippen molar-refractivity contribution in [2.45, 2.75) is 56.6 Å². The lowest BCUT2D eigenvalue weighted by Crippen LogP contribution is -2.52. The van der Waals surface area contributed by atoms with Crippen LogP contribution in [0.15, 0.2) is 42.5 Å². The van der Waals surface area contributed by atoms with Gasteiger partial charge in [0, 0.05) is 54.3 Å². The Labute approximate surface area is 263 Å². The van der Waals surface area contributed by atoms with Crippen LogP contribution in [0.3, 0.4) is 0 Å². The molecule has 2 heterocycles. The summed E-state index contributed by atoms with van der Waals surface area (Å²) in [5, 5.41) is 7.42. The number of piperidine rings is 1. The molecule has 3 fully saturated rings. The standard InChI is InChI=1S/C31H34Cl2F4N4O3/c32-23-12-21(13-24(33)15-23)18-41-11-8-25(39-30(29(41)43)16-22(30)19-40-9-2-1-3-10-40)17-38-28(42)7-5-20-4-6-27(26(34)14-20)44-31(35,36)37/h4-7,12-15,22,25,39H,1-3,8-11,16-19H2,(H,38,42)/b7-5+/t22?,25-,30?/m0/s1. The van der Waals surface area contributed by atoms with E-state index in [2.05, 4.69) is 20.3 Å². The number of rotatable bonds is 9. The molecular weight excluding hydrogens is 623 g/mol. The molecule has 2 aromatic carbocycles. The Hall–Kier alpha value is -2.86.